The molecule has 6 heteroatoms. The summed E-state index contributed by atoms with van der Waals surface area (Å²) in [5.74, 6) is 0. The molecule has 0 aliphatic carbocycles. The van der Waals surface area contributed by atoms with Crippen LogP contribution in [0.4, 0.5) is 18.9 Å². The van der Waals surface area contributed by atoms with E-state index < -0.39 is 17.0 Å². The predicted octanol–water partition coefficient (Wildman–Crippen LogP) is 2.88. The second-order valence-corrected chi connectivity index (χ2v) is 3.21. The van der Waals surface area contributed by atoms with E-state index in [0.29, 0.717) is 5.69 Å². The molecule has 1 aromatic carbocycles. The number of nitrogens with one attached hydrogen (secondary N) is 1. The SMILES string of the molecule is O=C(Cl)CNc1ccc(C(F)(F)F)cc1. The summed E-state index contributed by atoms with van der Waals surface area (Å²) in [7, 11) is 0. The van der Waals surface area contributed by atoms with E-state index in [1.54, 1.807) is 0 Å². The molecule has 0 fully saturated rings. The second-order valence-electron chi connectivity index (χ2n) is 2.78. The van der Waals surface area contributed by atoms with E-state index in [1.807, 2.05) is 0 Å². The van der Waals surface area contributed by atoms with Crippen molar-refractivity contribution in [3.63, 3.8) is 0 Å². The van der Waals surface area contributed by atoms with Crippen molar-refractivity contribution in [1.82, 2.24) is 0 Å². The fourth-order valence-corrected chi connectivity index (χ4v) is 1.02. The van der Waals surface area contributed by atoms with Crippen LogP contribution in [0.3, 0.4) is 0 Å². The summed E-state index contributed by atoms with van der Waals surface area (Å²) in [6, 6.07) is 4.34. The molecule has 1 N–H and O–H groups in total. The number of rotatable bonds is 3. The van der Waals surface area contributed by atoms with Gasteiger partial charge in [-0.2, -0.15) is 13.2 Å². The molecule has 0 unspecified atom stereocenters. The topological polar surface area (TPSA) is 29.1 Å². The van der Waals surface area contributed by atoms with E-state index in [1.165, 1.54) is 12.1 Å². The van der Waals surface area contributed by atoms with Gasteiger partial charge in [-0.3, -0.25) is 4.79 Å². The molecule has 0 atom stereocenters. The summed E-state index contributed by atoms with van der Waals surface area (Å²) in [5.41, 5.74) is -0.317. The highest BCUT2D eigenvalue weighted by Gasteiger charge is 2.29. The molecule has 1 aromatic rings. The van der Waals surface area contributed by atoms with Gasteiger partial charge in [-0.25, -0.2) is 0 Å². The highest BCUT2D eigenvalue weighted by Crippen LogP contribution is 2.29. The molecule has 0 saturated carbocycles. The molecule has 2 nitrogen and oxygen atoms in total. The predicted molar refractivity (Wildman–Crippen MR) is 50.8 cm³/mol. The standard InChI is InChI=1S/C9H7ClF3NO/c10-8(15)5-14-7-3-1-6(2-4-7)9(11,12)13/h1-4,14H,5H2. The summed E-state index contributed by atoms with van der Waals surface area (Å²) >= 11 is 5.05. The van der Waals surface area contributed by atoms with Gasteiger partial charge < -0.3 is 5.32 Å². The van der Waals surface area contributed by atoms with Crippen molar-refractivity contribution in [2.24, 2.45) is 0 Å². The van der Waals surface area contributed by atoms with E-state index >= 15 is 0 Å². The molecular formula is C9H7ClF3NO. The first-order valence-corrected chi connectivity index (χ1v) is 4.37. The molecular weight excluding hydrogens is 231 g/mol. The van der Waals surface area contributed by atoms with Gasteiger partial charge in [-0.15, -0.1) is 0 Å². The van der Waals surface area contributed by atoms with Crippen molar-refractivity contribution < 1.29 is 18.0 Å². The average molecular weight is 238 g/mol. The van der Waals surface area contributed by atoms with Crippen molar-refractivity contribution >= 4 is 22.5 Å². The van der Waals surface area contributed by atoms with E-state index in [0.717, 1.165) is 12.1 Å². The summed E-state index contributed by atoms with van der Waals surface area (Å²) in [6.07, 6.45) is -4.35. The Hall–Kier alpha value is -1.23. The summed E-state index contributed by atoms with van der Waals surface area (Å²) in [4.78, 5) is 10.4. The number of benzene rings is 1. The lowest BCUT2D eigenvalue weighted by Gasteiger charge is -2.08. The lowest BCUT2D eigenvalue weighted by molar-refractivity contribution is -0.137. The third kappa shape index (κ3) is 3.79. The zero-order chi connectivity index (χ0) is 11.5. The van der Waals surface area contributed by atoms with Crippen LogP contribution in [0, 0.1) is 0 Å². The molecule has 1 rings (SSSR count). The van der Waals surface area contributed by atoms with E-state index in [2.05, 4.69) is 5.32 Å². The van der Waals surface area contributed by atoms with Crippen LogP contribution in [0.5, 0.6) is 0 Å². The van der Waals surface area contributed by atoms with Gasteiger partial charge in [0.15, 0.2) is 0 Å². The van der Waals surface area contributed by atoms with Gasteiger partial charge in [0.25, 0.3) is 0 Å². The smallest absolute Gasteiger partial charge is 0.377 e. The van der Waals surface area contributed by atoms with Crippen molar-refractivity contribution in [3.8, 4) is 0 Å². The Morgan fingerprint density at radius 3 is 2.20 bits per heavy atom. The Morgan fingerprint density at radius 1 is 1.27 bits per heavy atom. The fraction of sp³-hybridized carbons (Fsp3) is 0.222. The average Bonchev–Trinajstić information content (AvgIpc) is 2.14. The third-order valence-corrected chi connectivity index (χ3v) is 1.78. The molecule has 0 aromatic heterocycles. The zero-order valence-electron chi connectivity index (χ0n) is 7.44. The minimum Gasteiger partial charge on any atom is -0.377 e. The van der Waals surface area contributed by atoms with Gasteiger partial charge in [0.2, 0.25) is 5.24 Å². The Labute approximate surface area is 89.0 Å². The first-order chi connectivity index (χ1) is 6.89. The van der Waals surface area contributed by atoms with Crippen molar-refractivity contribution in [3.05, 3.63) is 29.8 Å². The maximum absolute atomic E-state index is 12.1. The highest BCUT2D eigenvalue weighted by molar-refractivity contribution is 6.64. The maximum Gasteiger partial charge on any atom is 0.416 e. The molecule has 0 bridgehead atoms. The molecule has 0 amide bonds. The molecule has 15 heavy (non-hydrogen) atoms. The van der Waals surface area contributed by atoms with E-state index in [4.69, 9.17) is 11.6 Å². The summed E-state index contributed by atoms with van der Waals surface area (Å²) < 4.78 is 36.4. The number of carbonyl (C=O) groups is 1. The van der Waals surface area contributed by atoms with Crippen LogP contribution in [0.1, 0.15) is 5.56 Å². The van der Waals surface area contributed by atoms with Gasteiger partial charge in [-0.1, -0.05) is 0 Å². The number of hydrogen-bond acceptors (Lipinski definition) is 2. The van der Waals surface area contributed by atoms with Crippen molar-refractivity contribution in [1.29, 1.82) is 0 Å². The minimum absolute atomic E-state index is 0.118. The number of alkyl halides is 3. The van der Waals surface area contributed by atoms with E-state index in [9.17, 15) is 18.0 Å². The Morgan fingerprint density at radius 2 is 1.80 bits per heavy atom. The summed E-state index contributed by atoms with van der Waals surface area (Å²) in [5, 5.41) is 1.97. The van der Waals surface area contributed by atoms with Crippen LogP contribution in [-0.2, 0) is 11.0 Å². The molecule has 0 spiro atoms. The fourth-order valence-electron chi connectivity index (χ4n) is 0.949. The number of halogens is 4. The van der Waals surface area contributed by atoms with Gasteiger partial charge in [0, 0.05) is 5.69 Å². The number of carbonyl (C=O) groups excluding carboxylic acids is 1. The van der Waals surface area contributed by atoms with E-state index in [-0.39, 0.29) is 6.54 Å². The van der Waals surface area contributed by atoms with Gasteiger partial charge in [0.05, 0.1) is 12.1 Å². The highest BCUT2D eigenvalue weighted by atomic mass is 35.5. The van der Waals surface area contributed by atoms with Crippen LogP contribution >= 0.6 is 11.6 Å². The Kier molecular flexibility index (Phi) is 3.57. The molecule has 0 radical (unpaired) electrons. The number of anilines is 1. The second kappa shape index (κ2) is 4.53. The Balaban J connectivity index is 2.69. The molecule has 0 heterocycles. The number of hydrogen-bond donors (Lipinski definition) is 1. The quantitative estimate of drug-likeness (QED) is 0.819. The zero-order valence-corrected chi connectivity index (χ0v) is 8.19. The lowest BCUT2D eigenvalue weighted by atomic mass is 10.2. The molecule has 0 aliphatic rings. The Bertz CT molecular complexity index is 347. The molecule has 0 saturated heterocycles. The lowest BCUT2D eigenvalue weighted by Crippen LogP contribution is -2.09. The van der Waals surface area contributed by atoms with Crippen LogP contribution in [0.15, 0.2) is 24.3 Å². The third-order valence-electron chi connectivity index (χ3n) is 1.64. The van der Waals surface area contributed by atoms with Crippen LogP contribution in [-0.4, -0.2) is 11.8 Å². The minimum atomic E-state index is -4.35. The monoisotopic (exact) mass is 237 g/mol. The maximum atomic E-state index is 12.1. The van der Waals surface area contributed by atoms with Gasteiger partial charge >= 0.3 is 6.18 Å². The largest absolute Gasteiger partial charge is 0.416 e. The first kappa shape index (κ1) is 11.8. The molecule has 0 aliphatic heterocycles. The van der Waals surface area contributed by atoms with Crippen LogP contribution in [0.25, 0.3) is 0 Å². The van der Waals surface area contributed by atoms with Gasteiger partial charge in [-0.05, 0) is 35.9 Å². The normalized spacial score (nSPS) is 11.2. The van der Waals surface area contributed by atoms with Crippen molar-refractivity contribution in [2.75, 3.05) is 11.9 Å². The first-order valence-electron chi connectivity index (χ1n) is 3.99. The van der Waals surface area contributed by atoms with Crippen LogP contribution in [0.2, 0.25) is 0 Å². The van der Waals surface area contributed by atoms with Crippen molar-refractivity contribution in [2.45, 2.75) is 6.18 Å². The van der Waals surface area contributed by atoms with Gasteiger partial charge in [0.1, 0.15) is 0 Å². The van der Waals surface area contributed by atoms with Crippen LogP contribution < -0.4 is 5.32 Å². The molecule has 82 valence electrons. The summed E-state index contributed by atoms with van der Waals surface area (Å²) in [6.45, 7) is -0.118.